The third-order valence-electron chi connectivity index (χ3n) is 4.12. The highest BCUT2D eigenvalue weighted by Crippen LogP contribution is 2.26. The number of esters is 1. The highest BCUT2D eigenvalue weighted by atomic mass is 16.5. The zero-order chi connectivity index (χ0) is 13.9. The largest absolute Gasteiger partial charge is 0.465 e. The Morgan fingerprint density at radius 2 is 1.84 bits per heavy atom. The second-order valence-electron chi connectivity index (χ2n) is 5.34. The minimum absolute atomic E-state index is 0.252. The molecule has 1 aromatic rings. The molecule has 2 rings (SSSR count). The summed E-state index contributed by atoms with van der Waals surface area (Å²) in [7, 11) is 3.43. The number of hydrogen-bond donors (Lipinski definition) is 1. The van der Waals surface area contributed by atoms with E-state index in [2.05, 4.69) is 17.1 Å². The molecule has 0 spiro atoms. The second kappa shape index (κ2) is 5.61. The number of methoxy groups -OCH3 is 1. The Labute approximate surface area is 114 Å². The summed E-state index contributed by atoms with van der Waals surface area (Å²) in [4.78, 5) is 13.7. The fraction of sp³-hybridized carbons (Fsp3) is 0.533. The molecule has 0 unspecified atom stereocenters. The molecule has 4 heteroatoms. The number of nitrogens with zero attached hydrogens (tertiary/aromatic N) is 1. The number of hydrogen-bond acceptors (Lipinski definition) is 4. The van der Waals surface area contributed by atoms with E-state index in [-0.39, 0.29) is 11.5 Å². The van der Waals surface area contributed by atoms with Crippen LogP contribution in [0.15, 0.2) is 24.3 Å². The maximum Gasteiger partial charge on any atom is 0.337 e. The molecule has 1 fully saturated rings. The van der Waals surface area contributed by atoms with E-state index in [1.807, 2.05) is 31.3 Å². The van der Waals surface area contributed by atoms with Crippen LogP contribution in [-0.2, 0) is 4.74 Å². The third-order valence-corrected chi connectivity index (χ3v) is 4.12. The quantitative estimate of drug-likeness (QED) is 0.847. The number of benzene rings is 1. The van der Waals surface area contributed by atoms with Crippen molar-refractivity contribution in [3.8, 4) is 0 Å². The van der Waals surface area contributed by atoms with E-state index >= 15 is 0 Å². The van der Waals surface area contributed by atoms with Crippen LogP contribution < -0.4 is 10.2 Å². The number of ether oxygens (including phenoxy) is 1. The average molecular weight is 262 g/mol. The lowest BCUT2D eigenvalue weighted by Gasteiger charge is -2.40. The van der Waals surface area contributed by atoms with E-state index in [4.69, 9.17) is 4.74 Å². The third kappa shape index (κ3) is 3.07. The van der Waals surface area contributed by atoms with Crippen LogP contribution in [0.3, 0.4) is 0 Å². The molecule has 0 bridgehead atoms. The first-order chi connectivity index (χ1) is 9.08. The Hall–Kier alpha value is -1.55. The van der Waals surface area contributed by atoms with Crippen LogP contribution >= 0.6 is 0 Å². The standard InChI is InChI=1S/C15H22N2O2/c1-15(16-2)8-10-17(11-9-15)13-6-4-12(5-7-13)14(18)19-3/h4-7,16H,8-11H2,1-3H3. The van der Waals surface area contributed by atoms with Crippen LogP contribution in [0.5, 0.6) is 0 Å². The lowest BCUT2D eigenvalue weighted by Crippen LogP contribution is -2.50. The van der Waals surface area contributed by atoms with Gasteiger partial charge in [-0.15, -0.1) is 0 Å². The summed E-state index contributed by atoms with van der Waals surface area (Å²) >= 11 is 0. The molecule has 0 radical (unpaired) electrons. The van der Waals surface area contributed by atoms with Gasteiger partial charge >= 0.3 is 5.97 Å². The molecule has 0 aliphatic carbocycles. The van der Waals surface area contributed by atoms with Gasteiger partial charge in [-0.3, -0.25) is 0 Å². The first kappa shape index (κ1) is 13.9. The molecule has 4 nitrogen and oxygen atoms in total. The van der Waals surface area contributed by atoms with Gasteiger partial charge in [0, 0.05) is 24.3 Å². The van der Waals surface area contributed by atoms with E-state index in [0.29, 0.717) is 5.56 Å². The summed E-state index contributed by atoms with van der Waals surface area (Å²) in [5.74, 6) is -0.284. The summed E-state index contributed by atoms with van der Waals surface area (Å²) in [5, 5.41) is 3.40. The fourth-order valence-electron chi connectivity index (χ4n) is 2.43. The van der Waals surface area contributed by atoms with Crippen molar-refractivity contribution in [1.82, 2.24) is 5.32 Å². The minimum Gasteiger partial charge on any atom is -0.465 e. The molecule has 1 aromatic carbocycles. The Morgan fingerprint density at radius 1 is 1.26 bits per heavy atom. The van der Waals surface area contributed by atoms with E-state index in [0.717, 1.165) is 25.9 Å². The normalized spacial score (nSPS) is 18.2. The van der Waals surface area contributed by atoms with Crippen molar-refractivity contribution in [3.05, 3.63) is 29.8 Å². The lowest BCUT2D eigenvalue weighted by atomic mass is 9.89. The summed E-state index contributed by atoms with van der Waals surface area (Å²) in [6.45, 7) is 4.34. The van der Waals surface area contributed by atoms with Gasteiger partial charge in [0.05, 0.1) is 12.7 Å². The predicted octanol–water partition coefficient (Wildman–Crippen LogP) is 2.05. The lowest BCUT2D eigenvalue weighted by molar-refractivity contribution is 0.0601. The molecular weight excluding hydrogens is 240 g/mol. The maximum atomic E-state index is 11.4. The Bertz CT molecular complexity index is 434. The van der Waals surface area contributed by atoms with Crippen molar-refractivity contribution in [3.63, 3.8) is 0 Å². The SMILES string of the molecule is CNC1(C)CCN(c2ccc(C(=O)OC)cc2)CC1. The van der Waals surface area contributed by atoms with Gasteiger partial charge in [-0.1, -0.05) is 0 Å². The van der Waals surface area contributed by atoms with Crippen molar-refractivity contribution >= 4 is 11.7 Å². The molecule has 0 amide bonds. The highest BCUT2D eigenvalue weighted by molar-refractivity contribution is 5.89. The Morgan fingerprint density at radius 3 is 2.32 bits per heavy atom. The molecule has 1 saturated heterocycles. The van der Waals surface area contributed by atoms with Crippen molar-refractivity contribution in [2.45, 2.75) is 25.3 Å². The first-order valence-corrected chi connectivity index (χ1v) is 6.70. The number of carbonyl (C=O) groups is 1. The van der Waals surface area contributed by atoms with Crippen LogP contribution in [0.2, 0.25) is 0 Å². The molecule has 19 heavy (non-hydrogen) atoms. The predicted molar refractivity (Wildman–Crippen MR) is 76.7 cm³/mol. The molecule has 104 valence electrons. The summed E-state index contributed by atoms with van der Waals surface area (Å²) < 4.78 is 4.70. The van der Waals surface area contributed by atoms with Crippen LogP contribution in [0.4, 0.5) is 5.69 Å². The zero-order valence-electron chi connectivity index (χ0n) is 11.9. The molecular formula is C15H22N2O2. The van der Waals surface area contributed by atoms with E-state index in [1.54, 1.807) is 0 Å². The van der Waals surface area contributed by atoms with E-state index < -0.39 is 0 Å². The average Bonchev–Trinajstić information content (AvgIpc) is 2.47. The van der Waals surface area contributed by atoms with Gasteiger partial charge < -0.3 is 15.0 Å². The first-order valence-electron chi connectivity index (χ1n) is 6.70. The van der Waals surface area contributed by atoms with Crippen LogP contribution in [0.1, 0.15) is 30.1 Å². The molecule has 0 saturated carbocycles. The van der Waals surface area contributed by atoms with Gasteiger partial charge in [0.25, 0.3) is 0 Å². The number of rotatable bonds is 3. The Kier molecular flexibility index (Phi) is 4.10. The molecule has 1 heterocycles. The molecule has 0 atom stereocenters. The van der Waals surface area contributed by atoms with Crippen LogP contribution in [-0.4, -0.2) is 38.8 Å². The van der Waals surface area contributed by atoms with Crippen molar-refractivity contribution in [2.75, 3.05) is 32.1 Å². The zero-order valence-corrected chi connectivity index (χ0v) is 11.9. The van der Waals surface area contributed by atoms with Gasteiger partial charge in [-0.05, 0) is 51.1 Å². The molecule has 0 aromatic heterocycles. The van der Waals surface area contributed by atoms with Crippen LogP contribution in [0.25, 0.3) is 0 Å². The molecule has 1 N–H and O–H groups in total. The monoisotopic (exact) mass is 262 g/mol. The number of piperidine rings is 1. The Balaban J connectivity index is 2.02. The van der Waals surface area contributed by atoms with Crippen molar-refractivity contribution < 1.29 is 9.53 Å². The number of anilines is 1. The number of carbonyl (C=O) groups excluding carboxylic acids is 1. The maximum absolute atomic E-state index is 11.4. The smallest absolute Gasteiger partial charge is 0.337 e. The summed E-state index contributed by atoms with van der Waals surface area (Å²) in [6, 6.07) is 7.64. The van der Waals surface area contributed by atoms with Gasteiger partial charge in [-0.2, -0.15) is 0 Å². The van der Waals surface area contributed by atoms with Crippen molar-refractivity contribution in [1.29, 1.82) is 0 Å². The second-order valence-corrected chi connectivity index (χ2v) is 5.34. The molecule has 1 aliphatic heterocycles. The van der Waals surface area contributed by atoms with Gasteiger partial charge in [-0.25, -0.2) is 4.79 Å². The summed E-state index contributed by atoms with van der Waals surface area (Å²) in [5.41, 5.74) is 2.02. The highest BCUT2D eigenvalue weighted by Gasteiger charge is 2.28. The minimum atomic E-state index is -0.284. The van der Waals surface area contributed by atoms with E-state index in [9.17, 15) is 4.79 Å². The van der Waals surface area contributed by atoms with Crippen molar-refractivity contribution in [2.24, 2.45) is 0 Å². The summed E-state index contributed by atoms with van der Waals surface area (Å²) in [6.07, 6.45) is 2.25. The number of nitrogens with one attached hydrogen (secondary N) is 1. The van der Waals surface area contributed by atoms with Gasteiger partial charge in [0.2, 0.25) is 0 Å². The topological polar surface area (TPSA) is 41.6 Å². The fourth-order valence-corrected chi connectivity index (χ4v) is 2.43. The van der Waals surface area contributed by atoms with E-state index in [1.165, 1.54) is 12.8 Å². The molecule has 1 aliphatic rings. The van der Waals surface area contributed by atoms with Gasteiger partial charge in [0.1, 0.15) is 0 Å². The van der Waals surface area contributed by atoms with Crippen LogP contribution in [0, 0.1) is 0 Å². The van der Waals surface area contributed by atoms with Gasteiger partial charge in [0.15, 0.2) is 0 Å².